The van der Waals surface area contributed by atoms with Gasteiger partial charge in [0.2, 0.25) is 0 Å². The van der Waals surface area contributed by atoms with Crippen LogP contribution in [0.5, 0.6) is 0 Å². The molecular weight excluding hydrogens is 214 g/mol. The maximum absolute atomic E-state index is 9.78. The molecule has 0 aliphatic carbocycles. The van der Waals surface area contributed by atoms with E-state index in [-0.39, 0.29) is 0 Å². The fourth-order valence-corrected chi connectivity index (χ4v) is 2.12. The zero-order valence-electron chi connectivity index (χ0n) is 10.8. The van der Waals surface area contributed by atoms with Gasteiger partial charge in [-0.3, -0.25) is 0 Å². The Morgan fingerprint density at radius 3 is 2.71 bits per heavy atom. The first-order valence-corrected chi connectivity index (χ1v) is 5.95. The standard InChI is InChI=1S/C13H21N3O/c1-13(2,17)6-7-16-9-15(3)11-5-4-10(14)8-12(11)16/h4-5,8,17H,6-7,9,14H2,1-3H3. The van der Waals surface area contributed by atoms with Gasteiger partial charge in [-0.15, -0.1) is 0 Å². The summed E-state index contributed by atoms with van der Waals surface area (Å²) in [5, 5.41) is 9.78. The van der Waals surface area contributed by atoms with Gasteiger partial charge < -0.3 is 20.6 Å². The van der Waals surface area contributed by atoms with Gasteiger partial charge in [-0.05, 0) is 38.5 Å². The molecule has 0 saturated heterocycles. The van der Waals surface area contributed by atoms with Crippen LogP contribution in [0, 0.1) is 0 Å². The predicted molar refractivity (Wildman–Crippen MR) is 72.4 cm³/mol. The van der Waals surface area contributed by atoms with Gasteiger partial charge in [0.25, 0.3) is 0 Å². The SMILES string of the molecule is CN1CN(CCC(C)(C)O)c2cc(N)ccc21. The molecule has 0 radical (unpaired) electrons. The predicted octanol–water partition coefficient (Wildman–Crippen LogP) is 1.64. The molecule has 0 bridgehead atoms. The number of fused-ring (bicyclic) bond motifs is 1. The summed E-state index contributed by atoms with van der Waals surface area (Å²) in [5.41, 5.74) is 8.35. The van der Waals surface area contributed by atoms with Crippen LogP contribution in [0.25, 0.3) is 0 Å². The maximum atomic E-state index is 9.78. The molecule has 0 atom stereocenters. The van der Waals surface area contributed by atoms with Crippen molar-refractivity contribution in [1.82, 2.24) is 0 Å². The molecule has 4 heteroatoms. The number of nitrogen functional groups attached to an aromatic ring is 1. The molecule has 0 amide bonds. The Labute approximate surface area is 103 Å². The van der Waals surface area contributed by atoms with Crippen molar-refractivity contribution in [1.29, 1.82) is 0 Å². The van der Waals surface area contributed by atoms with E-state index in [2.05, 4.69) is 22.9 Å². The number of nitrogens with zero attached hydrogens (tertiary/aromatic N) is 2. The monoisotopic (exact) mass is 235 g/mol. The van der Waals surface area contributed by atoms with Crippen LogP contribution in [0.2, 0.25) is 0 Å². The van der Waals surface area contributed by atoms with Gasteiger partial charge in [-0.25, -0.2) is 0 Å². The Bertz CT molecular complexity index is 412. The van der Waals surface area contributed by atoms with Gasteiger partial charge in [-0.2, -0.15) is 0 Å². The zero-order valence-corrected chi connectivity index (χ0v) is 10.8. The van der Waals surface area contributed by atoms with Crippen LogP contribution in [-0.4, -0.2) is 31.0 Å². The highest BCUT2D eigenvalue weighted by Crippen LogP contribution is 2.36. The van der Waals surface area contributed by atoms with Crippen molar-refractivity contribution >= 4 is 17.1 Å². The summed E-state index contributed by atoms with van der Waals surface area (Å²) in [5.74, 6) is 0. The Hall–Kier alpha value is -1.42. The molecule has 0 saturated carbocycles. The summed E-state index contributed by atoms with van der Waals surface area (Å²) in [4.78, 5) is 4.45. The Morgan fingerprint density at radius 1 is 1.35 bits per heavy atom. The molecule has 0 unspecified atom stereocenters. The molecule has 3 N–H and O–H groups in total. The van der Waals surface area contributed by atoms with E-state index in [9.17, 15) is 5.11 Å². The minimum Gasteiger partial charge on any atom is -0.399 e. The molecule has 4 nitrogen and oxygen atoms in total. The normalized spacial score (nSPS) is 15.3. The van der Waals surface area contributed by atoms with E-state index in [1.165, 1.54) is 5.69 Å². The van der Waals surface area contributed by atoms with Crippen molar-refractivity contribution in [3.05, 3.63) is 18.2 Å². The maximum Gasteiger partial charge on any atom is 0.0901 e. The molecule has 1 aliphatic rings. The fraction of sp³-hybridized carbons (Fsp3) is 0.538. The van der Waals surface area contributed by atoms with Crippen LogP contribution in [-0.2, 0) is 0 Å². The molecule has 1 heterocycles. The van der Waals surface area contributed by atoms with E-state index >= 15 is 0 Å². The molecule has 1 aliphatic heterocycles. The van der Waals surface area contributed by atoms with Crippen LogP contribution >= 0.6 is 0 Å². The first-order chi connectivity index (χ1) is 7.87. The number of benzene rings is 1. The van der Waals surface area contributed by atoms with Crippen LogP contribution in [0.4, 0.5) is 17.1 Å². The quantitative estimate of drug-likeness (QED) is 0.782. The number of nitrogens with two attached hydrogens (primary N) is 1. The largest absolute Gasteiger partial charge is 0.399 e. The second-order valence-corrected chi connectivity index (χ2v) is 5.41. The molecule has 17 heavy (non-hydrogen) atoms. The third kappa shape index (κ3) is 2.64. The van der Waals surface area contributed by atoms with E-state index < -0.39 is 5.60 Å². The highest BCUT2D eigenvalue weighted by Gasteiger charge is 2.24. The Morgan fingerprint density at radius 2 is 2.06 bits per heavy atom. The summed E-state index contributed by atoms with van der Waals surface area (Å²) in [6.07, 6.45) is 0.745. The molecule has 2 rings (SSSR count). The second kappa shape index (κ2) is 4.11. The highest BCUT2D eigenvalue weighted by molar-refractivity contribution is 5.79. The third-order valence-electron chi connectivity index (χ3n) is 3.13. The first-order valence-electron chi connectivity index (χ1n) is 5.95. The first kappa shape index (κ1) is 12.0. The molecule has 0 aromatic heterocycles. The van der Waals surface area contributed by atoms with Crippen molar-refractivity contribution in [3.63, 3.8) is 0 Å². The Balaban J connectivity index is 2.16. The molecule has 0 fully saturated rings. The Kier molecular flexibility index (Phi) is 2.91. The lowest BCUT2D eigenvalue weighted by Crippen LogP contribution is -2.33. The van der Waals surface area contributed by atoms with Crippen molar-refractivity contribution in [3.8, 4) is 0 Å². The fourth-order valence-electron chi connectivity index (χ4n) is 2.12. The minimum absolute atomic E-state index is 0.623. The molecular formula is C13H21N3O. The summed E-state index contributed by atoms with van der Waals surface area (Å²) in [6.45, 7) is 5.37. The number of rotatable bonds is 3. The lowest BCUT2D eigenvalue weighted by atomic mass is 10.1. The van der Waals surface area contributed by atoms with Crippen molar-refractivity contribution in [2.45, 2.75) is 25.9 Å². The molecule has 94 valence electrons. The van der Waals surface area contributed by atoms with Crippen LogP contribution in [0.15, 0.2) is 18.2 Å². The number of aliphatic hydroxyl groups is 1. The number of anilines is 3. The van der Waals surface area contributed by atoms with Crippen LogP contribution in [0.3, 0.4) is 0 Å². The van der Waals surface area contributed by atoms with E-state index in [0.29, 0.717) is 0 Å². The summed E-state index contributed by atoms with van der Waals surface area (Å²) in [6, 6.07) is 5.98. The van der Waals surface area contributed by atoms with Gasteiger partial charge in [0.15, 0.2) is 0 Å². The van der Waals surface area contributed by atoms with E-state index in [1.807, 2.05) is 26.0 Å². The van der Waals surface area contributed by atoms with Gasteiger partial charge in [-0.1, -0.05) is 0 Å². The lowest BCUT2D eigenvalue weighted by molar-refractivity contribution is 0.0732. The van der Waals surface area contributed by atoms with E-state index in [0.717, 1.165) is 31.0 Å². The average Bonchev–Trinajstić information content (AvgIpc) is 2.51. The van der Waals surface area contributed by atoms with Crippen molar-refractivity contribution < 1.29 is 5.11 Å². The molecule has 1 aromatic rings. The van der Waals surface area contributed by atoms with Gasteiger partial charge in [0, 0.05) is 19.3 Å². The van der Waals surface area contributed by atoms with Crippen LogP contribution in [0.1, 0.15) is 20.3 Å². The van der Waals surface area contributed by atoms with Gasteiger partial charge in [0.1, 0.15) is 0 Å². The smallest absolute Gasteiger partial charge is 0.0901 e. The van der Waals surface area contributed by atoms with Crippen molar-refractivity contribution in [2.75, 3.05) is 35.8 Å². The van der Waals surface area contributed by atoms with Gasteiger partial charge in [0.05, 0.1) is 23.6 Å². The van der Waals surface area contributed by atoms with Gasteiger partial charge >= 0.3 is 0 Å². The van der Waals surface area contributed by atoms with E-state index in [1.54, 1.807) is 0 Å². The summed E-state index contributed by atoms with van der Waals surface area (Å²) >= 11 is 0. The molecule has 1 aromatic carbocycles. The highest BCUT2D eigenvalue weighted by atomic mass is 16.3. The topological polar surface area (TPSA) is 52.7 Å². The number of hydrogen-bond acceptors (Lipinski definition) is 4. The van der Waals surface area contributed by atoms with E-state index in [4.69, 9.17) is 5.73 Å². The average molecular weight is 235 g/mol. The van der Waals surface area contributed by atoms with Crippen molar-refractivity contribution in [2.24, 2.45) is 0 Å². The van der Waals surface area contributed by atoms with Crippen LogP contribution < -0.4 is 15.5 Å². The third-order valence-corrected chi connectivity index (χ3v) is 3.13. The summed E-state index contributed by atoms with van der Waals surface area (Å²) in [7, 11) is 2.07. The second-order valence-electron chi connectivity index (χ2n) is 5.41. The minimum atomic E-state index is -0.623. The summed E-state index contributed by atoms with van der Waals surface area (Å²) < 4.78 is 0. The number of hydrogen-bond donors (Lipinski definition) is 2. The molecule has 0 spiro atoms. The lowest BCUT2D eigenvalue weighted by Gasteiger charge is -2.24. The zero-order chi connectivity index (χ0) is 12.6.